The summed E-state index contributed by atoms with van der Waals surface area (Å²) in [5.74, 6) is 0. The molecule has 4 rings (SSSR count). The van der Waals surface area contributed by atoms with Crippen LogP contribution in [0.4, 0.5) is 52.7 Å². The zero-order chi connectivity index (χ0) is 32.0. The van der Waals surface area contributed by atoms with Crippen LogP contribution in [0.2, 0.25) is 0 Å². The van der Waals surface area contributed by atoms with Gasteiger partial charge in [0.1, 0.15) is 0 Å². The first-order valence-electron chi connectivity index (χ1n) is 12.1. The van der Waals surface area contributed by atoms with Crippen molar-refractivity contribution in [3.63, 3.8) is 0 Å². The van der Waals surface area contributed by atoms with E-state index in [1.165, 1.54) is 0 Å². The molecular weight excluding hydrogens is 838 g/mol. The molecule has 0 amide bonds. The molecule has 244 valence electrons. The molecule has 0 saturated carbocycles. The maximum Gasteiger partial charge on any atom is 4.00 e. The minimum absolute atomic E-state index is 0. The van der Waals surface area contributed by atoms with Crippen LogP contribution in [-0.2, 0) is 50.5 Å². The Kier molecular flexibility index (Phi) is 14.6. The van der Waals surface area contributed by atoms with E-state index >= 15 is 0 Å². The maximum atomic E-state index is 12.8. The number of hydrogen-bond donors (Lipinski definition) is 0. The van der Waals surface area contributed by atoms with Gasteiger partial charge in [-0.1, -0.05) is 64.8 Å². The van der Waals surface area contributed by atoms with Gasteiger partial charge in [0.2, 0.25) is 0 Å². The molecule has 2 aliphatic carbocycles. The van der Waals surface area contributed by atoms with E-state index < -0.39 is 47.0 Å². The molecule has 0 nitrogen and oxygen atoms in total. The van der Waals surface area contributed by atoms with Gasteiger partial charge in [0.15, 0.2) is 0 Å². The van der Waals surface area contributed by atoms with Gasteiger partial charge in [0.25, 0.3) is 0 Å². The Morgan fingerprint density at radius 3 is 0.822 bits per heavy atom. The van der Waals surface area contributed by atoms with Crippen molar-refractivity contribution >= 4 is 11.1 Å². The summed E-state index contributed by atoms with van der Waals surface area (Å²) < 4.78 is 153. The molecule has 0 radical (unpaired) electrons. The second kappa shape index (κ2) is 15.3. The van der Waals surface area contributed by atoms with Crippen molar-refractivity contribution in [1.29, 1.82) is 0 Å². The van der Waals surface area contributed by atoms with Crippen molar-refractivity contribution in [2.75, 3.05) is 0 Å². The molecule has 45 heavy (non-hydrogen) atoms. The summed E-state index contributed by atoms with van der Waals surface area (Å²) in [6.45, 7) is 6.87. The summed E-state index contributed by atoms with van der Waals surface area (Å²) in [6.07, 6.45) is -12.8. The molecule has 0 heterocycles. The van der Waals surface area contributed by atoms with Crippen molar-refractivity contribution in [2.24, 2.45) is 0 Å². The van der Waals surface area contributed by atoms with E-state index in [1.807, 2.05) is 0 Å². The molecule has 0 fully saturated rings. The van der Waals surface area contributed by atoms with Gasteiger partial charge < -0.3 is 24.8 Å². The number of hydrogen-bond acceptors (Lipinski definition) is 0. The van der Waals surface area contributed by atoms with E-state index in [0.29, 0.717) is 35.1 Å². The summed E-state index contributed by atoms with van der Waals surface area (Å²) >= 11 is 0. The first-order chi connectivity index (χ1) is 19.0. The fourth-order valence-electron chi connectivity index (χ4n) is 4.23. The van der Waals surface area contributed by atoms with Gasteiger partial charge in [0, 0.05) is 22.3 Å². The standard InChI is InChI=1S/2C15H11F6.2ClH.Hf/c2*1-8-3-4-13(9(8)2)10-5-11(14(16,17)18)7-12(6-10)15(19,20)21;;;/h2*5-7H,3H2,1-2H3;2*1H;/q2*-1;;;+4/p-2. The monoisotopic (exact) mass is 860 g/mol. The van der Waals surface area contributed by atoms with Crippen LogP contribution >= 0.6 is 0 Å². The molecule has 2 aromatic rings. The molecule has 2 aromatic carbocycles. The van der Waals surface area contributed by atoms with Crippen molar-refractivity contribution in [2.45, 2.75) is 65.2 Å². The second-order valence-corrected chi connectivity index (χ2v) is 9.86. The van der Waals surface area contributed by atoms with Crippen molar-refractivity contribution in [3.05, 3.63) is 104 Å². The van der Waals surface area contributed by atoms with Gasteiger partial charge in [-0.25, -0.2) is 0 Å². The van der Waals surface area contributed by atoms with E-state index in [9.17, 15) is 52.7 Å². The van der Waals surface area contributed by atoms with Crippen molar-refractivity contribution in [1.82, 2.24) is 0 Å². The molecule has 2 aliphatic rings. The number of rotatable bonds is 2. The Balaban J connectivity index is 0.000000807. The van der Waals surface area contributed by atoms with Crippen LogP contribution in [0.15, 0.2) is 58.7 Å². The predicted molar refractivity (Wildman–Crippen MR) is 132 cm³/mol. The van der Waals surface area contributed by atoms with Crippen LogP contribution in [0.25, 0.3) is 11.1 Å². The molecule has 0 atom stereocenters. The number of benzene rings is 2. The Labute approximate surface area is 282 Å². The first-order valence-corrected chi connectivity index (χ1v) is 12.1. The molecule has 15 heteroatoms. The topological polar surface area (TPSA) is 0 Å². The van der Waals surface area contributed by atoms with Crippen LogP contribution in [0.3, 0.4) is 0 Å². The van der Waals surface area contributed by atoms with E-state index in [0.717, 1.165) is 35.4 Å². The van der Waals surface area contributed by atoms with Crippen LogP contribution in [-0.4, -0.2) is 0 Å². The van der Waals surface area contributed by atoms with Crippen LogP contribution in [0.1, 0.15) is 73.9 Å². The smallest absolute Gasteiger partial charge is 1.00 e. The van der Waals surface area contributed by atoms with Gasteiger partial charge in [0.05, 0.1) is 0 Å². The average molecular weight is 860 g/mol. The van der Waals surface area contributed by atoms with Crippen molar-refractivity contribution in [3.8, 4) is 0 Å². The Morgan fingerprint density at radius 2 is 0.667 bits per heavy atom. The zero-order valence-electron chi connectivity index (χ0n) is 23.7. The van der Waals surface area contributed by atoms with Crippen LogP contribution < -0.4 is 24.8 Å². The van der Waals surface area contributed by atoms with Gasteiger partial charge >= 0.3 is 50.5 Å². The molecule has 0 aromatic heterocycles. The second-order valence-electron chi connectivity index (χ2n) is 9.86. The Morgan fingerprint density at radius 1 is 0.444 bits per heavy atom. The van der Waals surface area contributed by atoms with E-state index in [4.69, 9.17) is 0 Å². The van der Waals surface area contributed by atoms with Gasteiger partial charge in [-0.3, -0.25) is 0 Å². The largest absolute Gasteiger partial charge is 4.00 e. The third-order valence-electron chi connectivity index (χ3n) is 6.84. The van der Waals surface area contributed by atoms with Crippen LogP contribution in [0.5, 0.6) is 0 Å². The molecule has 0 unspecified atom stereocenters. The zero-order valence-corrected chi connectivity index (χ0v) is 28.8. The quantitative estimate of drug-likeness (QED) is 0.219. The summed E-state index contributed by atoms with van der Waals surface area (Å²) in [5, 5.41) is 0. The SMILES string of the molecule is CC1=C(C)C(c2cc(C(F)(F)F)cc(C(F)(F)F)c2)=[C-]C1.CC1=C(C)C(c2cc(C(F)(F)F)cc(C(F)(F)F)c2)=[C-]C1.[Cl-].[Cl-].[Hf+4]. The summed E-state index contributed by atoms with van der Waals surface area (Å²) in [5.41, 5.74) is -1.71. The summed E-state index contributed by atoms with van der Waals surface area (Å²) in [6, 6.07) is 3.20. The molecule has 0 saturated heterocycles. The Bertz CT molecular complexity index is 1320. The summed E-state index contributed by atoms with van der Waals surface area (Å²) in [7, 11) is 0. The third-order valence-corrected chi connectivity index (χ3v) is 6.84. The normalized spacial score (nSPS) is 15.4. The molecule has 0 N–H and O–H groups in total. The number of allylic oxidation sites excluding steroid dienone is 8. The van der Waals surface area contributed by atoms with Gasteiger partial charge in [-0.15, -0.1) is 22.3 Å². The fourth-order valence-corrected chi connectivity index (χ4v) is 4.23. The third kappa shape index (κ3) is 10.5. The first kappa shape index (κ1) is 43.0. The predicted octanol–water partition coefficient (Wildman–Crippen LogP) is 5.31. The van der Waals surface area contributed by atoms with E-state index in [-0.39, 0.29) is 73.9 Å². The maximum absolute atomic E-state index is 12.8. The minimum Gasteiger partial charge on any atom is -1.00 e. The molecular formula is C30H22Cl2F12Hf. The van der Waals surface area contributed by atoms with E-state index in [1.54, 1.807) is 27.7 Å². The molecule has 0 aliphatic heterocycles. The number of halogens is 14. The molecule has 0 bridgehead atoms. The number of alkyl halides is 12. The Hall–Kier alpha value is -1.99. The van der Waals surface area contributed by atoms with Crippen molar-refractivity contribution < 1.29 is 103 Å². The van der Waals surface area contributed by atoms with Gasteiger partial charge in [-0.05, 0) is 12.1 Å². The summed E-state index contributed by atoms with van der Waals surface area (Å²) in [4.78, 5) is 0. The fraction of sp³-hybridized carbons (Fsp3) is 0.333. The average Bonchev–Trinajstić information content (AvgIpc) is 3.37. The van der Waals surface area contributed by atoms with E-state index in [2.05, 4.69) is 12.2 Å². The van der Waals surface area contributed by atoms with Crippen LogP contribution in [0, 0.1) is 12.2 Å². The van der Waals surface area contributed by atoms with Gasteiger partial charge in [-0.2, -0.15) is 87.1 Å². The molecule has 0 spiro atoms. The minimum atomic E-state index is -4.83.